The summed E-state index contributed by atoms with van der Waals surface area (Å²) >= 11 is 2.49. The number of hydrogen-bond acceptors (Lipinski definition) is 5. The lowest BCUT2D eigenvalue weighted by Crippen LogP contribution is -2.15. The average molecular weight is 250 g/mol. The summed E-state index contributed by atoms with van der Waals surface area (Å²) in [6.45, 7) is -0.133. The Balaban J connectivity index is 2.27. The largest absolute Gasteiger partial charge is 0.391 e. The molecule has 16 heavy (non-hydrogen) atoms. The lowest BCUT2D eigenvalue weighted by atomic mass is 9.95. The van der Waals surface area contributed by atoms with Crippen LogP contribution < -0.4 is 0 Å². The normalized spacial score (nSPS) is 13.8. The molecular formula is C11H6O3S2. The quantitative estimate of drug-likeness (QED) is 0.719. The SMILES string of the molecule is O=C1c2ccsc2C(=O)c2sc(CO)cc21. The third-order valence-electron chi connectivity index (χ3n) is 2.51. The maximum Gasteiger partial charge on any atom is 0.214 e. The number of carbonyl (C=O) groups excluding carboxylic acids is 2. The molecule has 80 valence electrons. The van der Waals surface area contributed by atoms with Crippen LogP contribution in [0.3, 0.4) is 0 Å². The van der Waals surface area contributed by atoms with Crippen LogP contribution in [-0.2, 0) is 6.61 Å². The van der Waals surface area contributed by atoms with Crippen molar-refractivity contribution in [3.63, 3.8) is 0 Å². The summed E-state index contributed by atoms with van der Waals surface area (Å²) in [5.41, 5.74) is 0.926. The second-order valence-electron chi connectivity index (χ2n) is 3.44. The van der Waals surface area contributed by atoms with E-state index in [1.54, 1.807) is 17.5 Å². The first-order valence-corrected chi connectivity index (χ1v) is 6.32. The van der Waals surface area contributed by atoms with Crippen molar-refractivity contribution in [1.29, 1.82) is 0 Å². The predicted octanol–water partition coefficient (Wildman–Crippen LogP) is 2.08. The van der Waals surface area contributed by atoms with Crippen molar-refractivity contribution in [3.8, 4) is 0 Å². The smallest absolute Gasteiger partial charge is 0.214 e. The molecule has 0 aromatic carbocycles. The van der Waals surface area contributed by atoms with Crippen molar-refractivity contribution in [2.24, 2.45) is 0 Å². The van der Waals surface area contributed by atoms with Gasteiger partial charge in [-0.1, -0.05) is 0 Å². The molecular weight excluding hydrogens is 244 g/mol. The molecule has 1 aliphatic rings. The minimum Gasteiger partial charge on any atom is -0.391 e. The van der Waals surface area contributed by atoms with Crippen LogP contribution in [0, 0.1) is 0 Å². The minimum atomic E-state index is -0.133. The number of aliphatic hydroxyl groups excluding tert-OH is 1. The molecule has 0 bridgehead atoms. The molecule has 1 aliphatic carbocycles. The topological polar surface area (TPSA) is 54.4 Å². The van der Waals surface area contributed by atoms with E-state index < -0.39 is 0 Å². The number of ketones is 2. The molecule has 0 amide bonds. The second kappa shape index (κ2) is 3.35. The Hall–Kier alpha value is -1.30. The van der Waals surface area contributed by atoms with E-state index in [4.69, 9.17) is 5.11 Å². The maximum atomic E-state index is 12.0. The Morgan fingerprint density at radius 1 is 1.12 bits per heavy atom. The molecule has 5 heteroatoms. The van der Waals surface area contributed by atoms with Crippen LogP contribution in [0.4, 0.5) is 0 Å². The Bertz CT molecular complexity index is 559. The summed E-state index contributed by atoms with van der Waals surface area (Å²) < 4.78 is 0. The van der Waals surface area contributed by atoms with E-state index in [0.29, 0.717) is 25.8 Å². The van der Waals surface area contributed by atoms with Crippen LogP contribution in [-0.4, -0.2) is 16.7 Å². The van der Waals surface area contributed by atoms with Crippen molar-refractivity contribution >= 4 is 34.2 Å². The fourth-order valence-electron chi connectivity index (χ4n) is 1.77. The van der Waals surface area contributed by atoms with Crippen LogP contribution in [0.5, 0.6) is 0 Å². The fraction of sp³-hybridized carbons (Fsp3) is 0.0909. The predicted molar refractivity (Wildman–Crippen MR) is 61.4 cm³/mol. The van der Waals surface area contributed by atoms with E-state index in [1.807, 2.05) is 0 Å². The Labute approximate surface area is 99.0 Å². The zero-order valence-electron chi connectivity index (χ0n) is 8.02. The zero-order valence-corrected chi connectivity index (χ0v) is 9.65. The van der Waals surface area contributed by atoms with Gasteiger partial charge >= 0.3 is 0 Å². The number of aliphatic hydroxyl groups is 1. The Morgan fingerprint density at radius 2 is 1.94 bits per heavy atom. The van der Waals surface area contributed by atoms with Gasteiger partial charge in [-0.05, 0) is 17.5 Å². The molecule has 2 aromatic heterocycles. The highest BCUT2D eigenvalue weighted by Gasteiger charge is 2.32. The van der Waals surface area contributed by atoms with Crippen LogP contribution in [0.1, 0.15) is 35.3 Å². The summed E-state index contributed by atoms with van der Waals surface area (Å²) in [7, 11) is 0. The number of thiophene rings is 2. The molecule has 3 nitrogen and oxygen atoms in total. The zero-order chi connectivity index (χ0) is 11.3. The summed E-state index contributed by atoms with van der Waals surface area (Å²) in [6.07, 6.45) is 0. The third kappa shape index (κ3) is 1.16. The number of hydrogen-bond donors (Lipinski definition) is 1. The van der Waals surface area contributed by atoms with Gasteiger partial charge < -0.3 is 5.11 Å². The molecule has 0 saturated heterocycles. The summed E-state index contributed by atoms with van der Waals surface area (Å²) in [5, 5.41) is 10.8. The molecule has 0 unspecified atom stereocenters. The van der Waals surface area contributed by atoms with Crippen LogP contribution in [0.15, 0.2) is 17.5 Å². The van der Waals surface area contributed by atoms with Crippen molar-refractivity contribution in [3.05, 3.63) is 43.3 Å². The van der Waals surface area contributed by atoms with Gasteiger partial charge in [0.2, 0.25) is 5.78 Å². The van der Waals surface area contributed by atoms with Crippen molar-refractivity contribution in [1.82, 2.24) is 0 Å². The maximum absolute atomic E-state index is 12.0. The molecule has 0 radical (unpaired) electrons. The van der Waals surface area contributed by atoms with E-state index in [0.717, 1.165) is 0 Å². The van der Waals surface area contributed by atoms with Gasteiger partial charge in [0.25, 0.3) is 0 Å². The molecule has 0 saturated carbocycles. The van der Waals surface area contributed by atoms with Gasteiger partial charge in [-0.3, -0.25) is 9.59 Å². The van der Waals surface area contributed by atoms with Crippen molar-refractivity contribution in [2.45, 2.75) is 6.61 Å². The van der Waals surface area contributed by atoms with Gasteiger partial charge in [0.15, 0.2) is 5.78 Å². The van der Waals surface area contributed by atoms with Gasteiger partial charge in [0, 0.05) is 16.0 Å². The van der Waals surface area contributed by atoms with Crippen LogP contribution in [0.2, 0.25) is 0 Å². The van der Waals surface area contributed by atoms with Gasteiger partial charge in [-0.15, -0.1) is 22.7 Å². The molecule has 2 heterocycles. The molecule has 1 N–H and O–H groups in total. The van der Waals surface area contributed by atoms with Crippen molar-refractivity contribution in [2.75, 3.05) is 0 Å². The van der Waals surface area contributed by atoms with Crippen molar-refractivity contribution < 1.29 is 14.7 Å². The van der Waals surface area contributed by atoms with Gasteiger partial charge in [-0.2, -0.15) is 0 Å². The lowest BCUT2D eigenvalue weighted by Gasteiger charge is -2.08. The summed E-state index contributed by atoms with van der Waals surface area (Å²) in [5.74, 6) is -0.203. The minimum absolute atomic E-state index is 0.0932. The highest BCUT2D eigenvalue weighted by molar-refractivity contribution is 7.17. The Morgan fingerprint density at radius 3 is 2.69 bits per heavy atom. The average Bonchev–Trinajstić information content (AvgIpc) is 2.92. The monoisotopic (exact) mass is 250 g/mol. The second-order valence-corrected chi connectivity index (χ2v) is 5.49. The highest BCUT2D eigenvalue weighted by atomic mass is 32.1. The van der Waals surface area contributed by atoms with Crippen LogP contribution in [0.25, 0.3) is 0 Å². The van der Waals surface area contributed by atoms with E-state index in [9.17, 15) is 9.59 Å². The van der Waals surface area contributed by atoms with Gasteiger partial charge in [-0.25, -0.2) is 0 Å². The lowest BCUT2D eigenvalue weighted by molar-refractivity contribution is 0.0985. The highest BCUT2D eigenvalue weighted by Crippen LogP contribution is 2.35. The number of carbonyl (C=O) groups is 2. The van der Waals surface area contributed by atoms with E-state index in [2.05, 4.69) is 0 Å². The molecule has 2 aromatic rings. The first-order valence-electron chi connectivity index (χ1n) is 4.63. The summed E-state index contributed by atoms with van der Waals surface area (Å²) in [4.78, 5) is 25.7. The third-order valence-corrected chi connectivity index (χ3v) is 4.54. The van der Waals surface area contributed by atoms with Gasteiger partial charge in [0.05, 0.1) is 16.4 Å². The van der Waals surface area contributed by atoms with E-state index in [1.165, 1.54) is 22.7 Å². The summed E-state index contributed by atoms with van der Waals surface area (Å²) in [6, 6.07) is 3.29. The molecule has 0 fully saturated rings. The standard InChI is InChI=1S/C11H6O3S2/c12-4-5-3-7-8(13)6-1-2-15-10(6)9(14)11(7)16-5/h1-3,12H,4H2. The van der Waals surface area contributed by atoms with Crippen LogP contribution >= 0.6 is 22.7 Å². The van der Waals surface area contributed by atoms with E-state index >= 15 is 0 Å². The van der Waals surface area contributed by atoms with Gasteiger partial charge in [0.1, 0.15) is 0 Å². The van der Waals surface area contributed by atoms with E-state index in [-0.39, 0.29) is 18.2 Å². The number of rotatable bonds is 1. The number of fused-ring (bicyclic) bond motifs is 2. The Kier molecular flexibility index (Phi) is 2.07. The molecule has 0 atom stereocenters. The first kappa shape index (κ1) is 9.89. The molecule has 0 aliphatic heterocycles. The molecule has 0 spiro atoms. The molecule has 3 rings (SSSR count). The fourth-order valence-corrected chi connectivity index (χ4v) is 3.63. The first-order chi connectivity index (χ1) is 7.72.